The quantitative estimate of drug-likeness (QED) is 0.799. The summed E-state index contributed by atoms with van der Waals surface area (Å²) in [7, 11) is 3.62. The molecule has 94 valence electrons. The average molecular weight is 244 g/mol. The van der Waals surface area contributed by atoms with Gasteiger partial charge < -0.3 is 10.2 Å². The SMILES string of the molecule is CCSC1CCC(NC(C)C(=O)N(C)C)C1. The van der Waals surface area contributed by atoms with Crippen LogP contribution in [0.4, 0.5) is 0 Å². The molecule has 1 rings (SSSR count). The van der Waals surface area contributed by atoms with Crippen molar-refractivity contribution < 1.29 is 4.79 Å². The normalized spacial score (nSPS) is 26.8. The van der Waals surface area contributed by atoms with Gasteiger partial charge in [0, 0.05) is 25.4 Å². The van der Waals surface area contributed by atoms with Crippen LogP contribution in [0.5, 0.6) is 0 Å². The smallest absolute Gasteiger partial charge is 0.238 e. The molecular weight excluding hydrogens is 220 g/mol. The lowest BCUT2D eigenvalue weighted by atomic mass is 10.2. The van der Waals surface area contributed by atoms with Gasteiger partial charge in [-0.3, -0.25) is 4.79 Å². The highest BCUT2D eigenvalue weighted by molar-refractivity contribution is 7.99. The molecule has 1 amide bonds. The molecule has 1 N–H and O–H groups in total. The first-order valence-electron chi connectivity index (χ1n) is 6.13. The number of rotatable bonds is 5. The van der Waals surface area contributed by atoms with Crippen molar-refractivity contribution in [1.82, 2.24) is 10.2 Å². The molecular formula is C12H24N2OS. The van der Waals surface area contributed by atoms with E-state index in [2.05, 4.69) is 12.2 Å². The van der Waals surface area contributed by atoms with Crippen LogP contribution in [0.3, 0.4) is 0 Å². The molecule has 0 spiro atoms. The van der Waals surface area contributed by atoms with Crippen LogP contribution in [0, 0.1) is 0 Å². The zero-order valence-corrected chi connectivity index (χ0v) is 11.6. The van der Waals surface area contributed by atoms with E-state index >= 15 is 0 Å². The maximum absolute atomic E-state index is 11.7. The van der Waals surface area contributed by atoms with Gasteiger partial charge in [-0.25, -0.2) is 0 Å². The standard InChI is InChI=1S/C12H24N2OS/c1-5-16-11-7-6-10(8-11)13-9(2)12(15)14(3)4/h9-11,13H,5-8H2,1-4H3. The number of amides is 1. The van der Waals surface area contributed by atoms with Gasteiger partial charge in [0.05, 0.1) is 6.04 Å². The molecule has 0 aromatic carbocycles. The van der Waals surface area contributed by atoms with E-state index in [-0.39, 0.29) is 11.9 Å². The van der Waals surface area contributed by atoms with E-state index in [0.29, 0.717) is 6.04 Å². The maximum Gasteiger partial charge on any atom is 0.238 e. The predicted octanol–water partition coefficient (Wildman–Crippen LogP) is 1.73. The Kier molecular flexibility index (Phi) is 5.62. The van der Waals surface area contributed by atoms with E-state index in [0.717, 1.165) is 5.25 Å². The second kappa shape index (κ2) is 6.50. The summed E-state index contributed by atoms with van der Waals surface area (Å²) < 4.78 is 0. The lowest BCUT2D eigenvalue weighted by molar-refractivity contribution is -0.130. The summed E-state index contributed by atoms with van der Waals surface area (Å²) >= 11 is 2.05. The van der Waals surface area contributed by atoms with Crippen LogP contribution in [-0.4, -0.2) is 48.0 Å². The van der Waals surface area contributed by atoms with Crippen molar-refractivity contribution in [2.45, 2.75) is 50.4 Å². The first-order chi connectivity index (χ1) is 7.54. The van der Waals surface area contributed by atoms with Crippen molar-refractivity contribution >= 4 is 17.7 Å². The van der Waals surface area contributed by atoms with Crippen LogP contribution in [0.1, 0.15) is 33.1 Å². The van der Waals surface area contributed by atoms with Gasteiger partial charge in [0.2, 0.25) is 5.91 Å². The van der Waals surface area contributed by atoms with Gasteiger partial charge in [0.1, 0.15) is 0 Å². The van der Waals surface area contributed by atoms with Gasteiger partial charge in [-0.15, -0.1) is 0 Å². The van der Waals surface area contributed by atoms with Crippen molar-refractivity contribution in [1.29, 1.82) is 0 Å². The lowest BCUT2D eigenvalue weighted by Gasteiger charge is -2.21. The third kappa shape index (κ3) is 3.98. The monoisotopic (exact) mass is 244 g/mol. The van der Waals surface area contributed by atoms with E-state index < -0.39 is 0 Å². The lowest BCUT2D eigenvalue weighted by Crippen LogP contribution is -2.45. The number of nitrogens with zero attached hydrogens (tertiary/aromatic N) is 1. The van der Waals surface area contributed by atoms with E-state index in [1.165, 1.54) is 25.0 Å². The second-order valence-electron chi connectivity index (χ2n) is 4.71. The Hall–Kier alpha value is -0.220. The Morgan fingerprint density at radius 3 is 2.75 bits per heavy atom. The Morgan fingerprint density at radius 1 is 1.50 bits per heavy atom. The minimum absolute atomic E-state index is 0.0506. The summed E-state index contributed by atoms with van der Waals surface area (Å²) in [6.45, 7) is 4.17. The molecule has 1 aliphatic rings. The highest BCUT2D eigenvalue weighted by Crippen LogP contribution is 2.29. The van der Waals surface area contributed by atoms with Gasteiger partial charge in [-0.1, -0.05) is 6.92 Å². The minimum Gasteiger partial charge on any atom is -0.347 e. The van der Waals surface area contributed by atoms with Crippen molar-refractivity contribution in [3.8, 4) is 0 Å². The van der Waals surface area contributed by atoms with Crippen LogP contribution >= 0.6 is 11.8 Å². The predicted molar refractivity (Wildman–Crippen MR) is 70.9 cm³/mol. The molecule has 1 saturated carbocycles. The largest absolute Gasteiger partial charge is 0.347 e. The van der Waals surface area contributed by atoms with E-state index in [4.69, 9.17) is 0 Å². The van der Waals surface area contributed by atoms with Crippen molar-refractivity contribution in [2.75, 3.05) is 19.8 Å². The van der Waals surface area contributed by atoms with Gasteiger partial charge in [-0.2, -0.15) is 11.8 Å². The summed E-state index contributed by atoms with van der Waals surface area (Å²) in [5, 5.41) is 4.24. The molecule has 16 heavy (non-hydrogen) atoms. The van der Waals surface area contributed by atoms with Crippen LogP contribution in [-0.2, 0) is 4.79 Å². The molecule has 0 bridgehead atoms. The molecule has 0 aliphatic heterocycles. The van der Waals surface area contributed by atoms with Crippen molar-refractivity contribution in [3.63, 3.8) is 0 Å². The first-order valence-corrected chi connectivity index (χ1v) is 7.18. The number of likely N-dealkylation sites (N-methyl/N-ethyl adjacent to an activating group) is 1. The summed E-state index contributed by atoms with van der Waals surface area (Å²) in [6.07, 6.45) is 3.71. The number of carbonyl (C=O) groups excluding carboxylic acids is 1. The Morgan fingerprint density at radius 2 is 2.19 bits per heavy atom. The summed E-state index contributed by atoms with van der Waals surface area (Å²) in [5.74, 6) is 1.37. The summed E-state index contributed by atoms with van der Waals surface area (Å²) in [5.41, 5.74) is 0. The third-order valence-corrected chi connectivity index (χ3v) is 4.32. The molecule has 0 radical (unpaired) electrons. The molecule has 3 unspecified atom stereocenters. The first kappa shape index (κ1) is 13.8. The molecule has 0 aromatic rings. The molecule has 0 aromatic heterocycles. The van der Waals surface area contributed by atoms with Gasteiger partial charge in [-0.05, 0) is 31.9 Å². The highest BCUT2D eigenvalue weighted by atomic mass is 32.2. The molecule has 3 atom stereocenters. The average Bonchev–Trinajstić information content (AvgIpc) is 2.65. The Labute approximate surface area is 103 Å². The molecule has 0 saturated heterocycles. The fourth-order valence-electron chi connectivity index (χ4n) is 2.29. The number of carbonyl (C=O) groups is 1. The Bertz CT molecular complexity index is 233. The molecule has 1 fully saturated rings. The zero-order valence-electron chi connectivity index (χ0n) is 10.8. The fourth-order valence-corrected chi connectivity index (χ4v) is 3.43. The molecule has 4 heteroatoms. The molecule has 1 aliphatic carbocycles. The summed E-state index contributed by atoms with van der Waals surface area (Å²) in [4.78, 5) is 13.4. The number of hydrogen-bond donors (Lipinski definition) is 1. The second-order valence-corrected chi connectivity index (χ2v) is 6.29. The third-order valence-electron chi connectivity index (χ3n) is 3.08. The van der Waals surface area contributed by atoms with Gasteiger partial charge >= 0.3 is 0 Å². The van der Waals surface area contributed by atoms with Crippen LogP contribution in [0.2, 0.25) is 0 Å². The topological polar surface area (TPSA) is 32.3 Å². The maximum atomic E-state index is 11.7. The van der Waals surface area contributed by atoms with Crippen LogP contribution < -0.4 is 5.32 Å². The van der Waals surface area contributed by atoms with Crippen molar-refractivity contribution in [2.24, 2.45) is 0 Å². The number of hydrogen-bond acceptors (Lipinski definition) is 3. The Balaban J connectivity index is 2.31. The van der Waals surface area contributed by atoms with Gasteiger partial charge in [0.15, 0.2) is 0 Å². The zero-order chi connectivity index (χ0) is 12.1. The van der Waals surface area contributed by atoms with Crippen molar-refractivity contribution in [3.05, 3.63) is 0 Å². The molecule has 0 heterocycles. The fraction of sp³-hybridized carbons (Fsp3) is 0.917. The number of thioether (sulfide) groups is 1. The van der Waals surface area contributed by atoms with E-state index in [9.17, 15) is 4.79 Å². The highest BCUT2D eigenvalue weighted by Gasteiger charge is 2.27. The summed E-state index contributed by atoms with van der Waals surface area (Å²) in [6, 6.07) is 0.480. The molecule has 3 nitrogen and oxygen atoms in total. The van der Waals surface area contributed by atoms with E-state index in [1.54, 1.807) is 4.90 Å². The number of nitrogens with one attached hydrogen (secondary N) is 1. The van der Waals surface area contributed by atoms with Crippen LogP contribution in [0.25, 0.3) is 0 Å². The van der Waals surface area contributed by atoms with E-state index in [1.807, 2.05) is 32.8 Å². The van der Waals surface area contributed by atoms with Gasteiger partial charge in [0.25, 0.3) is 0 Å². The minimum atomic E-state index is -0.0506. The van der Waals surface area contributed by atoms with Crippen LogP contribution in [0.15, 0.2) is 0 Å².